The Morgan fingerprint density at radius 3 is 2.06 bits per heavy atom. The highest BCUT2D eigenvalue weighted by Crippen LogP contribution is 2.36. The van der Waals surface area contributed by atoms with E-state index in [9.17, 15) is 24.3 Å². The predicted molar refractivity (Wildman–Crippen MR) is 139 cm³/mol. The summed E-state index contributed by atoms with van der Waals surface area (Å²) in [5, 5.41) is 9.97. The number of aromatic carboxylic acids is 1. The van der Waals surface area contributed by atoms with Crippen LogP contribution in [-0.2, 0) is 25.7 Å². The fraction of sp³-hybridized carbons (Fsp3) is 0.407. The van der Waals surface area contributed by atoms with E-state index < -0.39 is 47.0 Å². The van der Waals surface area contributed by atoms with Gasteiger partial charge in [-0.25, -0.2) is 9.59 Å². The lowest BCUT2D eigenvalue weighted by molar-refractivity contribution is -0.169. The normalized spacial score (nSPS) is 11.8. The summed E-state index contributed by atoms with van der Waals surface area (Å²) < 4.78 is 5.56. The van der Waals surface area contributed by atoms with Crippen molar-refractivity contribution in [3.63, 3.8) is 0 Å². The molecular formula is C27H31Cl2NO6. The van der Waals surface area contributed by atoms with Gasteiger partial charge in [-0.3, -0.25) is 9.59 Å². The van der Waals surface area contributed by atoms with E-state index in [1.54, 1.807) is 24.3 Å². The van der Waals surface area contributed by atoms with Crippen molar-refractivity contribution in [1.82, 2.24) is 0 Å². The Bertz CT molecular complexity index is 1150. The van der Waals surface area contributed by atoms with Crippen LogP contribution >= 0.6 is 23.2 Å². The number of esters is 1. The first-order valence-corrected chi connectivity index (χ1v) is 12.1. The summed E-state index contributed by atoms with van der Waals surface area (Å²) in [6, 6.07) is 10.5. The molecule has 0 heterocycles. The topological polar surface area (TPSA) is 101 Å². The van der Waals surface area contributed by atoms with E-state index in [0.717, 1.165) is 0 Å². The summed E-state index contributed by atoms with van der Waals surface area (Å²) in [5.74, 6) is -3.96. The minimum Gasteiger partial charge on any atom is -0.478 e. The molecule has 2 rings (SSSR count). The molecule has 1 amide bonds. The third kappa shape index (κ3) is 7.80. The number of ether oxygens (including phenoxy) is 1. The van der Waals surface area contributed by atoms with Gasteiger partial charge in [-0.15, -0.1) is 0 Å². The molecule has 0 unspecified atom stereocenters. The summed E-state index contributed by atoms with van der Waals surface area (Å²) in [6.45, 7) is 11.4. The van der Waals surface area contributed by atoms with Gasteiger partial charge >= 0.3 is 11.9 Å². The third-order valence-corrected chi connectivity index (χ3v) is 6.11. The van der Waals surface area contributed by atoms with Gasteiger partial charge in [0.25, 0.3) is 0 Å². The van der Waals surface area contributed by atoms with E-state index in [4.69, 9.17) is 27.9 Å². The number of carboxylic acids is 1. The molecule has 0 radical (unpaired) electrons. The number of amides is 1. The molecule has 0 fully saturated rings. The highest BCUT2D eigenvalue weighted by atomic mass is 35.5. The molecule has 0 aliphatic rings. The van der Waals surface area contributed by atoms with E-state index in [1.165, 1.54) is 23.1 Å². The standard InChI is InChI=1S/C27H31Cl2NO6/c1-26(2,3)25(27(4,5)6)36-24(35)21(31)14-22(32)30(15-16-10-11-19(28)20(29)12-16)18-9-7-8-17(13-18)23(33)34/h7-13,25H,14-15H2,1-6H3,(H,33,34). The lowest BCUT2D eigenvalue weighted by Gasteiger charge is -2.39. The number of rotatable bonds is 8. The number of halogens is 2. The largest absolute Gasteiger partial charge is 0.478 e. The highest BCUT2D eigenvalue weighted by molar-refractivity contribution is 6.42. The van der Waals surface area contributed by atoms with Gasteiger partial charge in [0.2, 0.25) is 11.7 Å². The maximum atomic E-state index is 13.3. The number of anilines is 1. The number of carboxylic acid groups (broad SMARTS) is 1. The van der Waals surface area contributed by atoms with Gasteiger partial charge in [0, 0.05) is 5.69 Å². The smallest absolute Gasteiger partial charge is 0.375 e. The molecule has 0 aliphatic carbocycles. The fourth-order valence-electron chi connectivity index (χ4n) is 4.08. The second-order valence-electron chi connectivity index (χ2n) is 10.7. The van der Waals surface area contributed by atoms with Gasteiger partial charge in [-0.05, 0) is 46.7 Å². The molecule has 0 aromatic heterocycles. The lowest BCUT2D eigenvalue weighted by atomic mass is 9.74. The quantitative estimate of drug-likeness (QED) is 0.245. The number of carbonyl (C=O) groups is 4. The molecule has 0 saturated carbocycles. The number of hydrogen-bond donors (Lipinski definition) is 1. The minimum absolute atomic E-state index is 0.0340. The fourth-order valence-corrected chi connectivity index (χ4v) is 4.40. The average Bonchev–Trinajstić information content (AvgIpc) is 2.76. The molecular weight excluding hydrogens is 505 g/mol. The minimum atomic E-state index is -1.17. The Labute approximate surface area is 221 Å². The molecule has 2 aromatic rings. The molecule has 0 spiro atoms. The molecule has 0 saturated heterocycles. The summed E-state index contributed by atoms with van der Waals surface area (Å²) in [7, 11) is 0. The van der Waals surface area contributed by atoms with Crippen molar-refractivity contribution < 1.29 is 29.0 Å². The number of ketones is 1. The zero-order chi connectivity index (χ0) is 27.4. The summed E-state index contributed by atoms with van der Waals surface area (Å²) in [6.07, 6.45) is -1.32. The number of nitrogens with zero attached hydrogens (tertiary/aromatic N) is 1. The van der Waals surface area contributed by atoms with Crippen molar-refractivity contribution in [2.45, 2.75) is 60.6 Å². The van der Waals surface area contributed by atoms with Gasteiger partial charge in [0.15, 0.2) is 0 Å². The average molecular weight is 536 g/mol. The van der Waals surface area contributed by atoms with Gasteiger partial charge in [-0.1, -0.05) is 76.9 Å². The van der Waals surface area contributed by atoms with Crippen LogP contribution in [0.1, 0.15) is 63.9 Å². The molecule has 2 aromatic carbocycles. The van der Waals surface area contributed by atoms with E-state index in [1.807, 2.05) is 41.5 Å². The van der Waals surface area contributed by atoms with Gasteiger partial charge in [0.1, 0.15) is 6.10 Å². The van der Waals surface area contributed by atoms with Crippen LogP contribution in [0.3, 0.4) is 0 Å². The van der Waals surface area contributed by atoms with Gasteiger partial charge in [0.05, 0.1) is 28.6 Å². The van der Waals surface area contributed by atoms with E-state index in [-0.39, 0.29) is 22.8 Å². The predicted octanol–water partition coefficient (Wildman–Crippen LogP) is 6.19. The van der Waals surface area contributed by atoms with Crippen molar-refractivity contribution in [3.05, 3.63) is 63.6 Å². The second kappa shape index (κ2) is 11.4. The highest BCUT2D eigenvalue weighted by Gasteiger charge is 2.39. The van der Waals surface area contributed by atoms with Crippen LogP contribution in [0.2, 0.25) is 10.0 Å². The first-order chi connectivity index (χ1) is 16.5. The van der Waals surface area contributed by atoms with Crippen LogP contribution in [0.25, 0.3) is 0 Å². The summed E-state index contributed by atoms with van der Waals surface area (Å²) in [4.78, 5) is 51.4. The van der Waals surface area contributed by atoms with Crippen LogP contribution in [0.15, 0.2) is 42.5 Å². The number of hydrogen-bond acceptors (Lipinski definition) is 5. The number of benzene rings is 2. The Balaban J connectivity index is 2.33. The molecule has 0 aliphatic heterocycles. The zero-order valence-corrected chi connectivity index (χ0v) is 22.7. The van der Waals surface area contributed by atoms with Crippen molar-refractivity contribution in [1.29, 1.82) is 0 Å². The summed E-state index contributed by atoms with van der Waals surface area (Å²) in [5.41, 5.74) is -0.0724. The van der Waals surface area contributed by atoms with Crippen molar-refractivity contribution >= 4 is 52.5 Å². The van der Waals surface area contributed by atoms with Crippen LogP contribution in [-0.4, -0.2) is 34.8 Å². The van der Waals surface area contributed by atoms with Crippen molar-refractivity contribution in [3.8, 4) is 0 Å². The molecule has 0 atom stereocenters. The third-order valence-electron chi connectivity index (χ3n) is 5.37. The maximum absolute atomic E-state index is 13.3. The molecule has 0 bridgehead atoms. The van der Waals surface area contributed by atoms with E-state index in [2.05, 4.69) is 0 Å². The Morgan fingerprint density at radius 1 is 0.917 bits per heavy atom. The van der Waals surface area contributed by atoms with E-state index >= 15 is 0 Å². The van der Waals surface area contributed by atoms with Gasteiger partial charge in [-0.2, -0.15) is 0 Å². The molecule has 36 heavy (non-hydrogen) atoms. The maximum Gasteiger partial charge on any atom is 0.375 e. The van der Waals surface area contributed by atoms with Crippen LogP contribution in [0.4, 0.5) is 5.69 Å². The summed E-state index contributed by atoms with van der Waals surface area (Å²) >= 11 is 12.1. The SMILES string of the molecule is CC(C)(C)C(OC(=O)C(=O)CC(=O)N(Cc1ccc(Cl)c(Cl)c1)c1cccc(C(=O)O)c1)C(C)(C)C. The molecule has 7 nitrogen and oxygen atoms in total. The molecule has 1 N–H and O–H groups in total. The van der Waals surface area contributed by atoms with E-state index in [0.29, 0.717) is 10.6 Å². The zero-order valence-electron chi connectivity index (χ0n) is 21.2. The van der Waals surface area contributed by atoms with Crippen LogP contribution < -0.4 is 4.90 Å². The Morgan fingerprint density at radius 2 is 1.53 bits per heavy atom. The lowest BCUT2D eigenvalue weighted by Crippen LogP contribution is -2.44. The van der Waals surface area contributed by atoms with Crippen molar-refractivity contribution in [2.75, 3.05) is 4.90 Å². The Hall–Kier alpha value is -2.90. The first-order valence-electron chi connectivity index (χ1n) is 11.3. The van der Waals surface area contributed by atoms with Crippen LogP contribution in [0.5, 0.6) is 0 Å². The molecule has 9 heteroatoms. The Kier molecular flexibility index (Phi) is 9.32. The van der Waals surface area contributed by atoms with Gasteiger partial charge < -0.3 is 14.7 Å². The van der Waals surface area contributed by atoms with Crippen LogP contribution in [0, 0.1) is 10.8 Å². The first kappa shape index (κ1) is 29.3. The monoisotopic (exact) mass is 535 g/mol. The second-order valence-corrected chi connectivity index (χ2v) is 11.5. The number of Topliss-reactive ketones (excluding diaryl/α,β-unsaturated/α-hetero) is 1. The number of carbonyl (C=O) groups excluding carboxylic acids is 3. The molecule has 194 valence electrons. The van der Waals surface area contributed by atoms with Crippen molar-refractivity contribution in [2.24, 2.45) is 10.8 Å².